The van der Waals surface area contributed by atoms with Crippen LogP contribution in [0.4, 0.5) is 0 Å². The molecule has 1 N–H and O–H groups in total. The molecule has 3 rings (SSSR count). The van der Waals surface area contributed by atoms with Crippen molar-refractivity contribution < 1.29 is 4.79 Å². The number of hydrogen-bond acceptors (Lipinski definition) is 3. The molecule has 1 aromatic carbocycles. The highest BCUT2D eigenvalue weighted by atomic mass is 32.1. The number of thiophene rings is 1. The third kappa shape index (κ3) is 4.18. The molecule has 22 heavy (non-hydrogen) atoms. The lowest BCUT2D eigenvalue weighted by Crippen LogP contribution is -2.31. The Morgan fingerprint density at radius 1 is 1.27 bits per heavy atom. The topological polar surface area (TPSA) is 32.3 Å². The molecular weight excluding hydrogens is 292 g/mol. The zero-order chi connectivity index (χ0) is 15.2. The minimum atomic E-state index is 0.0592. The van der Waals surface area contributed by atoms with E-state index in [-0.39, 0.29) is 5.91 Å². The van der Waals surface area contributed by atoms with Crippen LogP contribution in [0.25, 0.3) is 0 Å². The molecule has 1 atom stereocenters. The van der Waals surface area contributed by atoms with E-state index in [0.29, 0.717) is 5.92 Å². The number of nitrogens with zero attached hydrogens (tertiary/aromatic N) is 1. The lowest BCUT2D eigenvalue weighted by molar-refractivity contribution is 0.0948. The summed E-state index contributed by atoms with van der Waals surface area (Å²) in [7, 11) is 0. The van der Waals surface area contributed by atoms with Crippen LogP contribution in [-0.2, 0) is 6.42 Å². The van der Waals surface area contributed by atoms with Crippen molar-refractivity contribution in [3.05, 3.63) is 58.3 Å². The standard InChI is InChI=1S/C18H22N2OS/c21-18(17-8-11-22-14-17)19-12-16-7-10-20(13-16)9-6-15-4-2-1-3-5-15/h1-5,8,11,14,16H,6-7,9-10,12-13H2,(H,19,21). The SMILES string of the molecule is O=C(NCC1CCN(CCc2ccccc2)C1)c1ccsc1. The van der Waals surface area contributed by atoms with Gasteiger partial charge in [-0.3, -0.25) is 4.79 Å². The van der Waals surface area contributed by atoms with E-state index in [1.54, 1.807) is 11.3 Å². The molecule has 116 valence electrons. The molecule has 1 aliphatic rings. The van der Waals surface area contributed by atoms with Crippen molar-refractivity contribution in [2.45, 2.75) is 12.8 Å². The molecule has 2 heterocycles. The van der Waals surface area contributed by atoms with E-state index in [0.717, 1.165) is 38.2 Å². The second kappa shape index (κ2) is 7.56. The van der Waals surface area contributed by atoms with E-state index in [9.17, 15) is 4.79 Å². The molecule has 2 aromatic rings. The lowest BCUT2D eigenvalue weighted by Gasteiger charge is -2.16. The number of nitrogens with one attached hydrogen (secondary N) is 1. The summed E-state index contributed by atoms with van der Waals surface area (Å²) in [5.41, 5.74) is 2.18. The molecule has 1 aliphatic heterocycles. The number of likely N-dealkylation sites (tertiary alicyclic amines) is 1. The van der Waals surface area contributed by atoms with Gasteiger partial charge in [-0.05, 0) is 42.3 Å². The molecule has 0 aliphatic carbocycles. The Hall–Kier alpha value is -1.65. The van der Waals surface area contributed by atoms with Crippen molar-refractivity contribution >= 4 is 17.2 Å². The van der Waals surface area contributed by atoms with Gasteiger partial charge in [0.15, 0.2) is 0 Å². The van der Waals surface area contributed by atoms with Gasteiger partial charge in [0.2, 0.25) is 0 Å². The van der Waals surface area contributed by atoms with Gasteiger partial charge < -0.3 is 10.2 Å². The van der Waals surface area contributed by atoms with Crippen molar-refractivity contribution in [2.75, 3.05) is 26.2 Å². The van der Waals surface area contributed by atoms with Crippen LogP contribution in [0.1, 0.15) is 22.3 Å². The zero-order valence-corrected chi connectivity index (χ0v) is 13.5. The Morgan fingerprint density at radius 2 is 2.14 bits per heavy atom. The van der Waals surface area contributed by atoms with Gasteiger partial charge in [-0.2, -0.15) is 11.3 Å². The molecule has 1 aromatic heterocycles. The monoisotopic (exact) mass is 314 g/mol. The first-order valence-electron chi connectivity index (χ1n) is 7.88. The van der Waals surface area contributed by atoms with Gasteiger partial charge in [0, 0.05) is 30.6 Å². The predicted octanol–water partition coefficient (Wildman–Crippen LogP) is 3.04. The molecule has 4 heteroatoms. The molecule has 1 saturated heterocycles. The van der Waals surface area contributed by atoms with Crippen molar-refractivity contribution in [1.82, 2.24) is 10.2 Å². The summed E-state index contributed by atoms with van der Waals surface area (Å²) < 4.78 is 0. The van der Waals surface area contributed by atoms with Crippen molar-refractivity contribution in [2.24, 2.45) is 5.92 Å². The fraction of sp³-hybridized carbons (Fsp3) is 0.389. The first-order chi connectivity index (χ1) is 10.8. The Morgan fingerprint density at radius 3 is 2.91 bits per heavy atom. The van der Waals surface area contributed by atoms with Crippen LogP contribution in [0.3, 0.4) is 0 Å². The summed E-state index contributed by atoms with van der Waals surface area (Å²) in [6, 6.07) is 12.5. The highest BCUT2D eigenvalue weighted by Gasteiger charge is 2.22. The van der Waals surface area contributed by atoms with Crippen LogP contribution in [0.15, 0.2) is 47.2 Å². The molecule has 1 amide bonds. The van der Waals surface area contributed by atoms with Gasteiger partial charge in [-0.1, -0.05) is 30.3 Å². The van der Waals surface area contributed by atoms with Gasteiger partial charge in [-0.15, -0.1) is 0 Å². The lowest BCUT2D eigenvalue weighted by atomic mass is 10.1. The van der Waals surface area contributed by atoms with Crippen LogP contribution in [0.2, 0.25) is 0 Å². The Kier molecular flexibility index (Phi) is 5.24. The second-order valence-electron chi connectivity index (χ2n) is 5.91. The number of hydrogen-bond donors (Lipinski definition) is 1. The van der Waals surface area contributed by atoms with Gasteiger partial charge in [0.05, 0.1) is 0 Å². The van der Waals surface area contributed by atoms with Gasteiger partial charge in [0.1, 0.15) is 0 Å². The normalized spacial score (nSPS) is 18.5. The van der Waals surface area contributed by atoms with Crippen LogP contribution in [0.5, 0.6) is 0 Å². The van der Waals surface area contributed by atoms with Gasteiger partial charge in [0.25, 0.3) is 5.91 Å². The van der Waals surface area contributed by atoms with E-state index in [1.165, 1.54) is 12.0 Å². The largest absolute Gasteiger partial charge is 0.352 e. The highest BCUT2D eigenvalue weighted by Crippen LogP contribution is 2.16. The summed E-state index contributed by atoms with van der Waals surface area (Å²) in [6.45, 7) is 4.14. The van der Waals surface area contributed by atoms with E-state index >= 15 is 0 Å². The van der Waals surface area contributed by atoms with E-state index in [4.69, 9.17) is 0 Å². The average molecular weight is 314 g/mol. The molecule has 0 saturated carbocycles. The summed E-state index contributed by atoms with van der Waals surface area (Å²) >= 11 is 1.56. The van der Waals surface area contributed by atoms with Crippen molar-refractivity contribution in [3.8, 4) is 0 Å². The summed E-state index contributed by atoms with van der Waals surface area (Å²) in [5.74, 6) is 0.641. The van der Waals surface area contributed by atoms with Crippen molar-refractivity contribution in [1.29, 1.82) is 0 Å². The first kappa shape index (κ1) is 15.3. The maximum atomic E-state index is 11.9. The summed E-state index contributed by atoms with van der Waals surface area (Å²) in [6.07, 6.45) is 2.29. The number of rotatable bonds is 6. The third-order valence-corrected chi connectivity index (χ3v) is 4.95. The Bertz CT molecular complexity index is 582. The number of carbonyl (C=O) groups is 1. The molecule has 3 nitrogen and oxygen atoms in total. The van der Waals surface area contributed by atoms with Crippen LogP contribution in [0, 0.1) is 5.92 Å². The Balaban J connectivity index is 1.38. The van der Waals surface area contributed by atoms with Crippen LogP contribution >= 0.6 is 11.3 Å². The van der Waals surface area contributed by atoms with Crippen LogP contribution in [-0.4, -0.2) is 37.0 Å². The molecule has 0 radical (unpaired) electrons. The molecule has 1 unspecified atom stereocenters. The summed E-state index contributed by atoms with van der Waals surface area (Å²) in [5, 5.41) is 6.90. The third-order valence-electron chi connectivity index (χ3n) is 4.26. The highest BCUT2D eigenvalue weighted by molar-refractivity contribution is 7.08. The second-order valence-corrected chi connectivity index (χ2v) is 6.69. The van der Waals surface area contributed by atoms with Gasteiger partial charge in [-0.25, -0.2) is 0 Å². The molecule has 0 spiro atoms. The predicted molar refractivity (Wildman–Crippen MR) is 91.3 cm³/mol. The minimum Gasteiger partial charge on any atom is -0.352 e. The maximum absolute atomic E-state index is 11.9. The fourth-order valence-electron chi connectivity index (χ4n) is 2.95. The van der Waals surface area contributed by atoms with E-state index < -0.39 is 0 Å². The Labute approximate surface area is 136 Å². The minimum absolute atomic E-state index is 0.0592. The first-order valence-corrected chi connectivity index (χ1v) is 8.82. The van der Waals surface area contributed by atoms with Gasteiger partial charge >= 0.3 is 0 Å². The van der Waals surface area contributed by atoms with Crippen LogP contribution < -0.4 is 5.32 Å². The summed E-state index contributed by atoms with van der Waals surface area (Å²) in [4.78, 5) is 14.4. The molecular formula is C18H22N2OS. The maximum Gasteiger partial charge on any atom is 0.252 e. The fourth-order valence-corrected chi connectivity index (χ4v) is 3.58. The molecule has 0 bridgehead atoms. The van der Waals surface area contributed by atoms with Crippen molar-refractivity contribution in [3.63, 3.8) is 0 Å². The molecule has 1 fully saturated rings. The zero-order valence-electron chi connectivity index (χ0n) is 12.7. The quantitative estimate of drug-likeness (QED) is 0.889. The number of amides is 1. The number of carbonyl (C=O) groups excluding carboxylic acids is 1. The van der Waals surface area contributed by atoms with E-state index in [1.807, 2.05) is 16.8 Å². The van der Waals surface area contributed by atoms with E-state index in [2.05, 4.69) is 40.5 Å². The average Bonchev–Trinajstić information content (AvgIpc) is 3.23. The number of benzene rings is 1. The smallest absolute Gasteiger partial charge is 0.252 e.